The van der Waals surface area contributed by atoms with Crippen LogP contribution < -0.4 is 18.9 Å². The molecule has 0 fully saturated rings. The van der Waals surface area contributed by atoms with Crippen molar-refractivity contribution in [3.05, 3.63) is 61.7 Å². The number of nitro groups is 1. The molecule has 0 bridgehead atoms. The van der Waals surface area contributed by atoms with Crippen molar-refractivity contribution in [2.75, 3.05) is 20.8 Å². The lowest BCUT2D eigenvalue weighted by Gasteiger charge is -2.25. The molecule has 7 nitrogen and oxygen atoms in total. The van der Waals surface area contributed by atoms with Crippen LogP contribution in [-0.2, 0) is 0 Å². The molecule has 27 heavy (non-hydrogen) atoms. The van der Waals surface area contributed by atoms with Crippen molar-refractivity contribution in [1.29, 1.82) is 0 Å². The molecular formula is C19H18BrNO6. The molecule has 0 amide bonds. The van der Waals surface area contributed by atoms with Gasteiger partial charge in [0.15, 0.2) is 23.0 Å². The topological polar surface area (TPSA) is 80.1 Å². The summed E-state index contributed by atoms with van der Waals surface area (Å²) in [5.74, 6) is 1.98. The molecule has 0 saturated carbocycles. The van der Waals surface area contributed by atoms with Crippen LogP contribution in [0.15, 0.2) is 40.5 Å². The Morgan fingerprint density at radius 3 is 2.52 bits per heavy atom. The Morgan fingerprint density at radius 1 is 1.15 bits per heavy atom. The summed E-state index contributed by atoms with van der Waals surface area (Å²) in [6.07, 6.45) is 0.590. The molecule has 3 rings (SSSR count). The Kier molecular flexibility index (Phi) is 5.55. The van der Waals surface area contributed by atoms with Gasteiger partial charge in [-0.25, -0.2) is 0 Å². The third-order valence-electron chi connectivity index (χ3n) is 4.08. The number of nitrogens with zero attached hydrogens (tertiary/aromatic N) is 1. The standard InChI is InChI=1S/C19H18BrNO6/c1-4-26-15-6-5-11(9-16(15)24-2)18-14(21(22)23)8-12-7-13(20)10-17(25-3)19(12)27-18/h5-10,18H,4H2,1-3H3/t18-/m1/s1. The fourth-order valence-electron chi connectivity index (χ4n) is 2.90. The van der Waals surface area contributed by atoms with Gasteiger partial charge in [0, 0.05) is 21.7 Å². The Labute approximate surface area is 164 Å². The summed E-state index contributed by atoms with van der Waals surface area (Å²) in [4.78, 5) is 11.2. The molecule has 0 N–H and O–H groups in total. The summed E-state index contributed by atoms with van der Waals surface area (Å²) < 4.78 is 23.0. The normalized spacial score (nSPS) is 15.3. The second-order valence-electron chi connectivity index (χ2n) is 5.69. The Bertz CT molecular complexity index is 911. The average Bonchev–Trinajstić information content (AvgIpc) is 2.66. The number of methoxy groups -OCH3 is 2. The van der Waals surface area contributed by atoms with E-state index in [0.717, 1.165) is 4.47 Å². The van der Waals surface area contributed by atoms with Crippen LogP contribution in [0.1, 0.15) is 24.2 Å². The second kappa shape index (κ2) is 7.87. The van der Waals surface area contributed by atoms with E-state index < -0.39 is 11.0 Å². The highest BCUT2D eigenvalue weighted by molar-refractivity contribution is 9.10. The highest BCUT2D eigenvalue weighted by Crippen LogP contribution is 2.45. The smallest absolute Gasteiger partial charge is 0.291 e. The highest BCUT2D eigenvalue weighted by atomic mass is 79.9. The molecule has 0 unspecified atom stereocenters. The van der Waals surface area contributed by atoms with Crippen LogP contribution in [0.5, 0.6) is 23.0 Å². The summed E-state index contributed by atoms with van der Waals surface area (Å²) in [6, 6.07) is 8.62. The maximum atomic E-state index is 11.7. The van der Waals surface area contributed by atoms with Gasteiger partial charge in [0.05, 0.1) is 25.7 Å². The Balaban J connectivity index is 2.10. The van der Waals surface area contributed by atoms with Gasteiger partial charge < -0.3 is 18.9 Å². The van der Waals surface area contributed by atoms with E-state index in [1.54, 1.807) is 30.3 Å². The van der Waals surface area contributed by atoms with E-state index >= 15 is 0 Å². The summed E-state index contributed by atoms with van der Waals surface area (Å²) in [5, 5.41) is 11.7. The molecule has 0 saturated heterocycles. The number of hydrogen-bond donors (Lipinski definition) is 0. The van der Waals surface area contributed by atoms with Gasteiger partial charge >= 0.3 is 0 Å². The van der Waals surface area contributed by atoms with E-state index in [9.17, 15) is 10.1 Å². The van der Waals surface area contributed by atoms with Crippen LogP contribution in [0.2, 0.25) is 0 Å². The van der Waals surface area contributed by atoms with E-state index in [2.05, 4.69) is 15.9 Å². The molecular weight excluding hydrogens is 418 g/mol. The van der Waals surface area contributed by atoms with Crippen molar-refractivity contribution in [2.45, 2.75) is 13.0 Å². The summed E-state index contributed by atoms with van der Waals surface area (Å²) in [7, 11) is 3.04. The van der Waals surface area contributed by atoms with Crippen LogP contribution >= 0.6 is 15.9 Å². The molecule has 0 aromatic heterocycles. The molecule has 2 aromatic rings. The largest absolute Gasteiger partial charge is 0.493 e. The van der Waals surface area contributed by atoms with E-state index in [4.69, 9.17) is 18.9 Å². The molecule has 0 spiro atoms. The van der Waals surface area contributed by atoms with Crippen molar-refractivity contribution >= 4 is 22.0 Å². The number of hydrogen-bond acceptors (Lipinski definition) is 6. The summed E-state index contributed by atoms with van der Waals surface area (Å²) in [5.41, 5.74) is 1.07. The molecule has 0 aliphatic carbocycles. The number of benzene rings is 2. The predicted molar refractivity (Wildman–Crippen MR) is 103 cm³/mol. The van der Waals surface area contributed by atoms with Crippen LogP contribution in [0.4, 0.5) is 0 Å². The maximum absolute atomic E-state index is 11.7. The van der Waals surface area contributed by atoms with Gasteiger partial charge in [-0.2, -0.15) is 0 Å². The third-order valence-corrected chi connectivity index (χ3v) is 4.53. The fourth-order valence-corrected chi connectivity index (χ4v) is 3.35. The molecule has 2 aromatic carbocycles. The van der Waals surface area contributed by atoms with Crippen LogP contribution in [0, 0.1) is 10.1 Å². The van der Waals surface area contributed by atoms with Crippen LogP contribution in [0.3, 0.4) is 0 Å². The Hall–Kier alpha value is -2.74. The monoisotopic (exact) mass is 435 g/mol. The van der Waals surface area contributed by atoms with E-state index in [1.807, 2.05) is 6.92 Å². The van der Waals surface area contributed by atoms with Gasteiger partial charge in [0.25, 0.3) is 5.70 Å². The van der Waals surface area contributed by atoms with E-state index in [0.29, 0.717) is 40.7 Å². The molecule has 1 atom stereocenters. The van der Waals surface area contributed by atoms with Gasteiger partial charge in [-0.1, -0.05) is 22.0 Å². The first-order chi connectivity index (χ1) is 13.0. The minimum Gasteiger partial charge on any atom is -0.493 e. The maximum Gasteiger partial charge on any atom is 0.291 e. The first-order valence-corrected chi connectivity index (χ1v) is 8.98. The van der Waals surface area contributed by atoms with E-state index in [-0.39, 0.29) is 5.70 Å². The van der Waals surface area contributed by atoms with Gasteiger partial charge in [-0.15, -0.1) is 0 Å². The number of fused-ring (bicyclic) bond motifs is 1. The van der Waals surface area contributed by atoms with Gasteiger partial charge in [-0.3, -0.25) is 10.1 Å². The lowest BCUT2D eigenvalue weighted by atomic mass is 10.00. The first kappa shape index (κ1) is 19.0. The lowest BCUT2D eigenvalue weighted by molar-refractivity contribution is -0.434. The van der Waals surface area contributed by atoms with Crippen molar-refractivity contribution in [3.8, 4) is 23.0 Å². The minimum atomic E-state index is -0.910. The fraction of sp³-hybridized carbons (Fsp3) is 0.263. The van der Waals surface area contributed by atoms with E-state index in [1.165, 1.54) is 20.3 Å². The van der Waals surface area contributed by atoms with Crippen molar-refractivity contribution in [2.24, 2.45) is 0 Å². The number of ether oxygens (including phenoxy) is 4. The molecule has 1 heterocycles. The van der Waals surface area contributed by atoms with Gasteiger partial charge in [-0.05, 0) is 31.2 Å². The zero-order chi connectivity index (χ0) is 19.6. The summed E-state index contributed by atoms with van der Waals surface area (Å²) >= 11 is 3.38. The van der Waals surface area contributed by atoms with Crippen molar-refractivity contribution < 1.29 is 23.9 Å². The quantitative estimate of drug-likeness (QED) is 0.486. The predicted octanol–water partition coefficient (Wildman–Crippen LogP) is 4.62. The number of rotatable bonds is 6. The van der Waals surface area contributed by atoms with Gasteiger partial charge in [0.2, 0.25) is 6.10 Å². The zero-order valence-corrected chi connectivity index (χ0v) is 16.6. The van der Waals surface area contributed by atoms with Crippen LogP contribution in [0.25, 0.3) is 6.08 Å². The molecule has 1 aliphatic rings. The molecule has 8 heteroatoms. The molecule has 142 valence electrons. The van der Waals surface area contributed by atoms with Gasteiger partial charge in [0.1, 0.15) is 0 Å². The second-order valence-corrected chi connectivity index (χ2v) is 6.61. The SMILES string of the molecule is CCOc1ccc([C@H]2Oc3c(cc(Br)cc3OC)C=C2[N+](=O)[O-])cc1OC. The van der Waals surface area contributed by atoms with Crippen molar-refractivity contribution in [3.63, 3.8) is 0 Å². The lowest BCUT2D eigenvalue weighted by Crippen LogP contribution is -2.20. The van der Waals surface area contributed by atoms with Crippen LogP contribution in [-0.4, -0.2) is 25.7 Å². The Morgan fingerprint density at radius 2 is 1.89 bits per heavy atom. The first-order valence-electron chi connectivity index (χ1n) is 8.19. The zero-order valence-electron chi connectivity index (χ0n) is 15.0. The summed E-state index contributed by atoms with van der Waals surface area (Å²) in [6.45, 7) is 2.35. The average molecular weight is 436 g/mol. The minimum absolute atomic E-state index is 0.0751. The third kappa shape index (κ3) is 3.71. The van der Waals surface area contributed by atoms with Crippen molar-refractivity contribution in [1.82, 2.24) is 0 Å². The molecule has 0 radical (unpaired) electrons. The highest BCUT2D eigenvalue weighted by Gasteiger charge is 2.35. The molecule has 1 aliphatic heterocycles. The number of halogens is 1.